The molecule has 1 saturated heterocycles. The maximum absolute atomic E-state index is 12.6. The van der Waals surface area contributed by atoms with Crippen molar-refractivity contribution in [3.63, 3.8) is 0 Å². The van der Waals surface area contributed by atoms with Crippen molar-refractivity contribution in [1.82, 2.24) is 4.90 Å². The molecule has 0 saturated carbocycles. The summed E-state index contributed by atoms with van der Waals surface area (Å²) in [6.07, 6.45) is 2.23. The first kappa shape index (κ1) is 21.8. The van der Waals surface area contributed by atoms with E-state index in [1.165, 1.54) is 0 Å². The van der Waals surface area contributed by atoms with E-state index in [1.54, 1.807) is 14.2 Å². The van der Waals surface area contributed by atoms with Crippen molar-refractivity contribution in [2.24, 2.45) is 0 Å². The number of methoxy groups -OCH3 is 2. The highest BCUT2D eigenvalue weighted by Gasteiger charge is 2.31. The highest BCUT2D eigenvalue weighted by atomic mass is 16.5. The Morgan fingerprint density at radius 2 is 1.62 bits per heavy atom. The molecule has 3 aromatic carbocycles. The second-order valence-electron chi connectivity index (χ2n) is 8.03. The van der Waals surface area contributed by atoms with Gasteiger partial charge in [-0.2, -0.15) is 0 Å². The van der Waals surface area contributed by atoms with E-state index in [1.807, 2.05) is 71.6 Å². The molecule has 0 spiro atoms. The average Bonchev–Trinajstić information content (AvgIpc) is 3.17. The van der Waals surface area contributed by atoms with Crippen LogP contribution in [-0.4, -0.2) is 31.1 Å². The molecule has 1 atom stereocenters. The molecule has 1 aliphatic heterocycles. The van der Waals surface area contributed by atoms with Crippen LogP contribution in [0.25, 0.3) is 0 Å². The van der Waals surface area contributed by atoms with Gasteiger partial charge in [0.25, 0.3) is 0 Å². The van der Waals surface area contributed by atoms with Gasteiger partial charge in [0.05, 0.1) is 14.2 Å². The van der Waals surface area contributed by atoms with E-state index in [-0.39, 0.29) is 11.9 Å². The quantitative estimate of drug-likeness (QED) is 0.478. The largest absolute Gasteiger partial charge is 0.493 e. The van der Waals surface area contributed by atoms with Crippen LogP contribution < -0.4 is 14.2 Å². The molecule has 3 aromatic rings. The maximum atomic E-state index is 12.6. The molecular formula is C27H29NO4. The Bertz CT molecular complexity index is 1050. The molecule has 5 heteroatoms. The first-order chi connectivity index (χ1) is 15.7. The Labute approximate surface area is 189 Å². The monoisotopic (exact) mass is 431 g/mol. The molecule has 1 amide bonds. The van der Waals surface area contributed by atoms with Gasteiger partial charge in [0, 0.05) is 19.0 Å². The van der Waals surface area contributed by atoms with Gasteiger partial charge in [-0.05, 0) is 53.8 Å². The smallest absolute Gasteiger partial charge is 0.223 e. The molecule has 5 nitrogen and oxygen atoms in total. The highest BCUT2D eigenvalue weighted by Crippen LogP contribution is 2.31. The summed E-state index contributed by atoms with van der Waals surface area (Å²) in [7, 11) is 3.27. The van der Waals surface area contributed by atoms with Crippen molar-refractivity contribution in [3.8, 4) is 17.2 Å². The minimum absolute atomic E-state index is 0.162. The van der Waals surface area contributed by atoms with E-state index in [0.29, 0.717) is 31.1 Å². The molecule has 32 heavy (non-hydrogen) atoms. The van der Waals surface area contributed by atoms with Crippen molar-refractivity contribution in [1.29, 1.82) is 0 Å². The van der Waals surface area contributed by atoms with Crippen LogP contribution in [0.2, 0.25) is 0 Å². The lowest BCUT2D eigenvalue weighted by atomic mass is 10.0. The van der Waals surface area contributed by atoms with E-state index >= 15 is 0 Å². The number of nitrogens with zero attached hydrogens (tertiary/aromatic N) is 1. The summed E-state index contributed by atoms with van der Waals surface area (Å²) in [6, 6.07) is 24.2. The van der Waals surface area contributed by atoms with Crippen LogP contribution in [0.3, 0.4) is 0 Å². The summed E-state index contributed by atoms with van der Waals surface area (Å²) in [5.74, 6) is 2.44. The number of amides is 1. The molecule has 1 fully saturated rings. The number of rotatable bonds is 9. The Balaban J connectivity index is 1.43. The van der Waals surface area contributed by atoms with Crippen LogP contribution in [0.15, 0.2) is 72.8 Å². The van der Waals surface area contributed by atoms with Gasteiger partial charge in [-0.3, -0.25) is 4.79 Å². The molecule has 4 rings (SSSR count). The summed E-state index contributed by atoms with van der Waals surface area (Å²) in [5.41, 5.74) is 3.33. The number of likely N-dealkylation sites (tertiary alicyclic amines) is 1. The topological polar surface area (TPSA) is 48.0 Å². The molecule has 0 radical (unpaired) electrons. The van der Waals surface area contributed by atoms with E-state index in [2.05, 4.69) is 6.07 Å². The second kappa shape index (κ2) is 10.2. The zero-order valence-corrected chi connectivity index (χ0v) is 18.6. The number of carbonyl (C=O) groups excluding carboxylic acids is 1. The van der Waals surface area contributed by atoms with Gasteiger partial charge in [0.2, 0.25) is 5.91 Å². The molecule has 1 heterocycles. The van der Waals surface area contributed by atoms with Crippen molar-refractivity contribution in [2.45, 2.75) is 38.5 Å². The minimum Gasteiger partial charge on any atom is -0.493 e. The number of ether oxygens (including phenoxy) is 3. The fourth-order valence-corrected chi connectivity index (χ4v) is 4.17. The standard InChI is InChI=1S/C27H29NO4/c1-30-25-13-11-21(17-26(25)31-2)15-23-12-14-27(29)28(23)18-22-9-6-10-24(16-22)32-19-20-7-4-3-5-8-20/h3-11,13,16-17,23H,12,14-15,18-19H2,1-2H3/t23-/m0/s1. The number of carbonyl (C=O) groups is 1. The van der Waals surface area contributed by atoms with E-state index in [9.17, 15) is 4.79 Å². The average molecular weight is 432 g/mol. The first-order valence-electron chi connectivity index (χ1n) is 10.9. The molecule has 0 bridgehead atoms. The highest BCUT2D eigenvalue weighted by molar-refractivity contribution is 5.78. The summed E-state index contributed by atoms with van der Waals surface area (Å²) < 4.78 is 16.7. The van der Waals surface area contributed by atoms with Gasteiger partial charge < -0.3 is 19.1 Å². The van der Waals surface area contributed by atoms with E-state index in [0.717, 1.165) is 35.3 Å². The van der Waals surface area contributed by atoms with Crippen molar-refractivity contribution < 1.29 is 19.0 Å². The number of hydrogen-bond donors (Lipinski definition) is 0. The normalized spacial score (nSPS) is 15.6. The minimum atomic E-state index is 0.162. The van der Waals surface area contributed by atoms with Crippen LogP contribution >= 0.6 is 0 Å². The maximum Gasteiger partial charge on any atom is 0.223 e. The molecule has 0 aromatic heterocycles. The lowest BCUT2D eigenvalue weighted by Crippen LogP contribution is -2.33. The first-order valence-corrected chi connectivity index (χ1v) is 10.9. The third kappa shape index (κ3) is 5.22. The Morgan fingerprint density at radius 1 is 0.844 bits per heavy atom. The molecule has 0 unspecified atom stereocenters. The van der Waals surface area contributed by atoms with Crippen LogP contribution in [0.4, 0.5) is 0 Å². The summed E-state index contributed by atoms with van der Waals surface area (Å²) in [4.78, 5) is 14.6. The molecular weight excluding hydrogens is 402 g/mol. The van der Waals surface area contributed by atoms with Crippen molar-refractivity contribution in [3.05, 3.63) is 89.5 Å². The third-order valence-corrected chi connectivity index (χ3v) is 5.87. The Kier molecular flexibility index (Phi) is 6.95. The van der Waals surface area contributed by atoms with Gasteiger partial charge in [0.1, 0.15) is 12.4 Å². The number of hydrogen-bond acceptors (Lipinski definition) is 4. The van der Waals surface area contributed by atoms with E-state index in [4.69, 9.17) is 14.2 Å². The Hall–Kier alpha value is -3.47. The predicted octanol–water partition coefficient (Wildman–Crippen LogP) is 5.02. The fourth-order valence-electron chi connectivity index (χ4n) is 4.17. The van der Waals surface area contributed by atoms with Crippen LogP contribution in [0.5, 0.6) is 17.2 Å². The van der Waals surface area contributed by atoms with Crippen LogP contribution in [-0.2, 0) is 24.4 Å². The predicted molar refractivity (Wildman–Crippen MR) is 124 cm³/mol. The SMILES string of the molecule is COc1ccc(C[C@@H]2CCC(=O)N2Cc2cccc(OCc3ccccc3)c2)cc1OC. The van der Waals surface area contributed by atoms with Gasteiger partial charge in [-0.15, -0.1) is 0 Å². The van der Waals surface area contributed by atoms with Gasteiger partial charge in [-0.1, -0.05) is 48.5 Å². The Morgan fingerprint density at radius 3 is 2.41 bits per heavy atom. The fraction of sp³-hybridized carbons (Fsp3) is 0.296. The third-order valence-electron chi connectivity index (χ3n) is 5.87. The second-order valence-corrected chi connectivity index (χ2v) is 8.03. The van der Waals surface area contributed by atoms with Crippen LogP contribution in [0, 0.1) is 0 Å². The van der Waals surface area contributed by atoms with Gasteiger partial charge in [-0.25, -0.2) is 0 Å². The molecule has 0 N–H and O–H groups in total. The van der Waals surface area contributed by atoms with Gasteiger partial charge >= 0.3 is 0 Å². The lowest BCUT2D eigenvalue weighted by molar-refractivity contribution is -0.129. The lowest BCUT2D eigenvalue weighted by Gasteiger charge is -2.25. The molecule has 0 aliphatic carbocycles. The zero-order chi connectivity index (χ0) is 22.3. The van der Waals surface area contributed by atoms with Crippen molar-refractivity contribution >= 4 is 5.91 Å². The summed E-state index contributed by atoms with van der Waals surface area (Å²) in [6.45, 7) is 1.11. The zero-order valence-electron chi connectivity index (χ0n) is 18.6. The molecule has 1 aliphatic rings. The summed E-state index contributed by atoms with van der Waals surface area (Å²) >= 11 is 0. The number of benzene rings is 3. The summed E-state index contributed by atoms with van der Waals surface area (Å²) in [5, 5.41) is 0. The van der Waals surface area contributed by atoms with Crippen molar-refractivity contribution in [2.75, 3.05) is 14.2 Å². The van der Waals surface area contributed by atoms with Crippen LogP contribution in [0.1, 0.15) is 29.5 Å². The van der Waals surface area contributed by atoms with E-state index < -0.39 is 0 Å². The molecule has 166 valence electrons. The van der Waals surface area contributed by atoms with Gasteiger partial charge in [0.15, 0.2) is 11.5 Å².